The minimum Gasteiger partial charge on any atom is -0.490 e. The van der Waals surface area contributed by atoms with Gasteiger partial charge in [-0.3, -0.25) is 0 Å². The average molecular weight is 276 g/mol. The van der Waals surface area contributed by atoms with Crippen LogP contribution < -0.4 is 4.74 Å². The maximum absolute atomic E-state index is 10.9. The molecule has 1 rings (SSSR count). The van der Waals surface area contributed by atoms with Crippen LogP contribution in [0.4, 0.5) is 0 Å². The molecule has 0 spiro atoms. The standard InChI is InChI=1S/C15H16O5/c1-3-14(16)20-11-10-19-13-7-4-12(5-8-13)6-9-15(17)18-2/h3-9H,1,10-11H2,2H3/b9-6-. The maximum atomic E-state index is 10.9. The molecule has 0 N–H and O–H groups in total. The van der Waals surface area contributed by atoms with E-state index in [1.807, 2.05) is 0 Å². The van der Waals surface area contributed by atoms with Gasteiger partial charge in [-0.1, -0.05) is 18.7 Å². The van der Waals surface area contributed by atoms with Crippen LogP contribution in [-0.4, -0.2) is 32.3 Å². The highest BCUT2D eigenvalue weighted by Gasteiger charge is 1.97. The van der Waals surface area contributed by atoms with Gasteiger partial charge in [0.2, 0.25) is 0 Å². The van der Waals surface area contributed by atoms with Crippen LogP contribution >= 0.6 is 0 Å². The first-order chi connectivity index (χ1) is 9.65. The lowest BCUT2D eigenvalue weighted by atomic mass is 10.2. The van der Waals surface area contributed by atoms with Crippen molar-refractivity contribution >= 4 is 18.0 Å². The molecule has 0 aliphatic rings. The molecule has 5 heteroatoms. The van der Waals surface area contributed by atoms with Gasteiger partial charge in [-0.25, -0.2) is 9.59 Å². The topological polar surface area (TPSA) is 61.8 Å². The van der Waals surface area contributed by atoms with Crippen LogP contribution in [0.5, 0.6) is 5.75 Å². The van der Waals surface area contributed by atoms with E-state index in [1.54, 1.807) is 30.3 Å². The van der Waals surface area contributed by atoms with E-state index in [9.17, 15) is 9.59 Å². The van der Waals surface area contributed by atoms with Crippen LogP contribution in [0.2, 0.25) is 0 Å². The minimum absolute atomic E-state index is 0.162. The Labute approximate surface area is 117 Å². The minimum atomic E-state index is -0.475. The summed E-state index contributed by atoms with van der Waals surface area (Å²) in [5.41, 5.74) is 0.848. The number of ether oxygens (including phenoxy) is 3. The molecule has 1 aromatic carbocycles. The van der Waals surface area contributed by atoms with Crippen molar-refractivity contribution < 1.29 is 23.8 Å². The zero-order chi connectivity index (χ0) is 14.8. The van der Waals surface area contributed by atoms with Gasteiger partial charge in [-0.15, -0.1) is 0 Å². The van der Waals surface area contributed by atoms with Gasteiger partial charge in [0.15, 0.2) is 0 Å². The number of carbonyl (C=O) groups is 2. The van der Waals surface area contributed by atoms with Gasteiger partial charge in [0.25, 0.3) is 0 Å². The van der Waals surface area contributed by atoms with Crippen molar-refractivity contribution in [2.75, 3.05) is 20.3 Å². The second-order valence-corrected chi connectivity index (χ2v) is 3.65. The number of methoxy groups -OCH3 is 1. The van der Waals surface area contributed by atoms with Crippen LogP contribution in [0.25, 0.3) is 6.08 Å². The Balaban J connectivity index is 2.39. The molecular formula is C15H16O5. The smallest absolute Gasteiger partial charge is 0.330 e. The Kier molecular flexibility index (Phi) is 6.61. The Hall–Kier alpha value is -2.56. The summed E-state index contributed by atoms with van der Waals surface area (Å²) < 4.78 is 14.6. The van der Waals surface area contributed by atoms with Crippen LogP contribution in [0.1, 0.15) is 5.56 Å². The van der Waals surface area contributed by atoms with Crippen molar-refractivity contribution in [3.8, 4) is 5.75 Å². The summed E-state index contributed by atoms with van der Waals surface area (Å²) in [6.45, 7) is 3.71. The van der Waals surface area contributed by atoms with E-state index in [-0.39, 0.29) is 13.2 Å². The molecule has 0 saturated heterocycles. The molecular weight excluding hydrogens is 260 g/mol. The van der Waals surface area contributed by atoms with Gasteiger partial charge >= 0.3 is 11.9 Å². The number of esters is 2. The predicted molar refractivity (Wildman–Crippen MR) is 74.1 cm³/mol. The highest BCUT2D eigenvalue weighted by molar-refractivity contribution is 5.86. The summed E-state index contributed by atoms with van der Waals surface area (Å²) in [7, 11) is 1.32. The summed E-state index contributed by atoms with van der Waals surface area (Å²) in [5, 5.41) is 0. The monoisotopic (exact) mass is 276 g/mol. The van der Waals surface area contributed by atoms with Crippen molar-refractivity contribution in [3.63, 3.8) is 0 Å². The molecule has 20 heavy (non-hydrogen) atoms. The zero-order valence-corrected chi connectivity index (χ0v) is 11.2. The van der Waals surface area contributed by atoms with Gasteiger partial charge in [-0.05, 0) is 23.8 Å². The summed E-state index contributed by atoms with van der Waals surface area (Å²) in [6.07, 6.45) is 4.08. The third kappa shape index (κ3) is 5.86. The normalized spacial score (nSPS) is 10.1. The number of rotatable bonds is 7. The van der Waals surface area contributed by atoms with Crippen molar-refractivity contribution in [1.29, 1.82) is 0 Å². The van der Waals surface area contributed by atoms with Gasteiger partial charge in [-0.2, -0.15) is 0 Å². The van der Waals surface area contributed by atoms with Crippen LogP contribution in [0, 0.1) is 0 Å². The second kappa shape index (κ2) is 8.53. The van der Waals surface area contributed by atoms with Crippen LogP contribution in [0.3, 0.4) is 0 Å². The van der Waals surface area contributed by atoms with Gasteiger partial charge in [0.1, 0.15) is 19.0 Å². The van der Waals surface area contributed by atoms with Crippen molar-refractivity contribution in [2.45, 2.75) is 0 Å². The highest BCUT2D eigenvalue weighted by atomic mass is 16.6. The molecule has 5 nitrogen and oxygen atoms in total. The van der Waals surface area contributed by atoms with E-state index in [0.717, 1.165) is 11.6 Å². The molecule has 0 aromatic heterocycles. The van der Waals surface area contributed by atoms with Gasteiger partial charge in [0, 0.05) is 12.2 Å². The quantitative estimate of drug-likeness (QED) is 0.433. The largest absolute Gasteiger partial charge is 0.490 e. The summed E-state index contributed by atoms with van der Waals surface area (Å²) >= 11 is 0. The molecule has 0 aliphatic carbocycles. The van der Waals surface area contributed by atoms with E-state index < -0.39 is 11.9 Å². The number of benzene rings is 1. The summed E-state index contributed by atoms with van der Waals surface area (Å²) in [6, 6.07) is 7.10. The predicted octanol–water partition coefficient (Wildman–Crippen LogP) is 1.98. The molecule has 1 aromatic rings. The molecule has 0 unspecified atom stereocenters. The third-order valence-corrected chi connectivity index (χ3v) is 2.26. The molecule has 0 fully saturated rings. The number of hydrogen-bond donors (Lipinski definition) is 0. The fourth-order valence-corrected chi connectivity index (χ4v) is 1.27. The molecule has 0 radical (unpaired) electrons. The van der Waals surface area contributed by atoms with Gasteiger partial charge in [0.05, 0.1) is 7.11 Å². The Morgan fingerprint density at radius 2 is 1.85 bits per heavy atom. The van der Waals surface area contributed by atoms with Crippen molar-refractivity contribution in [2.24, 2.45) is 0 Å². The Morgan fingerprint density at radius 1 is 1.15 bits per heavy atom. The van der Waals surface area contributed by atoms with E-state index in [4.69, 9.17) is 9.47 Å². The molecule has 0 saturated carbocycles. The summed E-state index contributed by atoms with van der Waals surface area (Å²) in [4.78, 5) is 21.7. The number of hydrogen-bond acceptors (Lipinski definition) is 5. The molecule has 0 heterocycles. The first-order valence-electron chi connectivity index (χ1n) is 5.94. The Bertz CT molecular complexity index is 487. The van der Waals surface area contributed by atoms with E-state index in [0.29, 0.717) is 5.75 Å². The first-order valence-corrected chi connectivity index (χ1v) is 5.94. The number of carbonyl (C=O) groups excluding carboxylic acids is 2. The van der Waals surface area contributed by atoms with Gasteiger partial charge < -0.3 is 14.2 Å². The molecule has 0 bridgehead atoms. The maximum Gasteiger partial charge on any atom is 0.330 e. The van der Waals surface area contributed by atoms with E-state index >= 15 is 0 Å². The third-order valence-electron chi connectivity index (χ3n) is 2.26. The lowest BCUT2D eigenvalue weighted by molar-refractivity contribution is -0.138. The molecule has 106 valence electrons. The fraction of sp³-hybridized carbons (Fsp3) is 0.200. The second-order valence-electron chi connectivity index (χ2n) is 3.65. The molecule has 0 aliphatic heterocycles. The molecule has 0 atom stereocenters. The van der Waals surface area contributed by atoms with Crippen molar-refractivity contribution in [3.05, 3.63) is 48.6 Å². The fourth-order valence-electron chi connectivity index (χ4n) is 1.27. The van der Waals surface area contributed by atoms with Crippen LogP contribution in [-0.2, 0) is 19.1 Å². The SMILES string of the molecule is C=CC(=O)OCCOc1ccc(/C=C\C(=O)OC)cc1. The lowest BCUT2D eigenvalue weighted by Crippen LogP contribution is -2.10. The summed E-state index contributed by atoms with van der Waals surface area (Å²) in [5.74, 6) is -0.235. The first kappa shape index (κ1) is 15.5. The van der Waals surface area contributed by atoms with E-state index in [1.165, 1.54) is 13.2 Å². The average Bonchev–Trinajstić information content (AvgIpc) is 2.49. The zero-order valence-electron chi connectivity index (χ0n) is 11.2. The highest BCUT2D eigenvalue weighted by Crippen LogP contribution is 2.13. The lowest BCUT2D eigenvalue weighted by Gasteiger charge is -2.06. The Morgan fingerprint density at radius 3 is 2.45 bits per heavy atom. The molecule has 0 amide bonds. The van der Waals surface area contributed by atoms with E-state index in [2.05, 4.69) is 11.3 Å². The van der Waals surface area contributed by atoms with Crippen LogP contribution in [0.15, 0.2) is 43.0 Å². The van der Waals surface area contributed by atoms with Crippen molar-refractivity contribution in [1.82, 2.24) is 0 Å².